The molecule has 0 aliphatic carbocycles. The van der Waals surface area contributed by atoms with E-state index in [9.17, 15) is 9.59 Å². The minimum Gasteiger partial charge on any atom is -0.333 e. The molecule has 1 N–H and O–H groups in total. The summed E-state index contributed by atoms with van der Waals surface area (Å²) >= 11 is 0. The van der Waals surface area contributed by atoms with Crippen LogP contribution in [0.3, 0.4) is 0 Å². The normalized spacial score (nSPS) is 12.5. The molecule has 0 bridgehead atoms. The monoisotopic (exact) mass is 454 g/mol. The summed E-state index contributed by atoms with van der Waals surface area (Å²) in [5, 5.41) is 7.85. The maximum atomic E-state index is 13.2. The van der Waals surface area contributed by atoms with E-state index in [2.05, 4.69) is 39.9 Å². The number of rotatable bonds is 11. The van der Waals surface area contributed by atoms with Crippen molar-refractivity contribution in [3.63, 3.8) is 0 Å². The number of carbonyl (C=O) groups excluding carboxylic acids is 2. The van der Waals surface area contributed by atoms with Crippen LogP contribution in [0.25, 0.3) is 5.69 Å². The molecular weight excluding hydrogens is 412 g/mol. The summed E-state index contributed by atoms with van der Waals surface area (Å²) in [7, 11) is 0. The zero-order valence-corrected chi connectivity index (χ0v) is 21.6. The van der Waals surface area contributed by atoms with Gasteiger partial charge in [0.1, 0.15) is 5.82 Å². The molecule has 0 saturated carbocycles. The number of anilines is 1. The lowest BCUT2D eigenvalue weighted by molar-refractivity contribution is -0.138. The molecular formula is C27H42N4O2. The van der Waals surface area contributed by atoms with Crippen LogP contribution in [-0.2, 0) is 15.0 Å². The maximum absolute atomic E-state index is 13.2. The van der Waals surface area contributed by atoms with Crippen molar-refractivity contribution < 1.29 is 9.59 Å². The van der Waals surface area contributed by atoms with E-state index < -0.39 is 0 Å². The first-order valence-corrected chi connectivity index (χ1v) is 12.4. The Balaban J connectivity index is 2.28. The van der Waals surface area contributed by atoms with Crippen molar-refractivity contribution >= 4 is 17.6 Å². The third-order valence-corrected chi connectivity index (χ3v) is 5.98. The Morgan fingerprint density at radius 2 is 1.82 bits per heavy atom. The second-order valence-electron chi connectivity index (χ2n) is 9.92. The first-order valence-electron chi connectivity index (χ1n) is 12.4. The number of unbranched alkanes of at least 4 members (excludes halogenated alkanes) is 1. The number of aromatic nitrogens is 2. The van der Waals surface area contributed by atoms with Crippen LogP contribution in [0.2, 0.25) is 0 Å². The van der Waals surface area contributed by atoms with E-state index in [4.69, 9.17) is 5.10 Å². The molecule has 1 unspecified atom stereocenters. The van der Waals surface area contributed by atoms with Gasteiger partial charge in [0.05, 0.1) is 17.9 Å². The van der Waals surface area contributed by atoms with Gasteiger partial charge in [-0.3, -0.25) is 9.59 Å². The summed E-state index contributed by atoms with van der Waals surface area (Å²) in [6.45, 7) is 15.2. The third kappa shape index (κ3) is 7.18. The van der Waals surface area contributed by atoms with Crippen LogP contribution in [-0.4, -0.2) is 39.6 Å². The number of carbonyl (C=O) groups is 2. The van der Waals surface area contributed by atoms with Crippen LogP contribution >= 0.6 is 0 Å². The summed E-state index contributed by atoms with van der Waals surface area (Å²) < 4.78 is 1.80. The summed E-state index contributed by atoms with van der Waals surface area (Å²) in [5.41, 5.74) is 2.73. The van der Waals surface area contributed by atoms with E-state index in [1.807, 2.05) is 44.2 Å². The van der Waals surface area contributed by atoms with E-state index in [-0.39, 0.29) is 29.7 Å². The highest BCUT2D eigenvalue weighted by Gasteiger charge is 2.26. The van der Waals surface area contributed by atoms with Gasteiger partial charge in [-0.05, 0) is 37.8 Å². The molecule has 1 aromatic carbocycles. The minimum absolute atomic E-state index is 0.0192. The molecule has 1 heterocycles. The molecule has 1 atom stereocenters. The number of hydrogen-bond donors (Lipinski definition) is 1. The van der Waals surface area contributed by atoms with Crippen molar-refractivity contribution in [2.75, 3.05) is 18.4 Å². The van der Waals surface area contributed by atoms with Crippen molar-refractivity contribution in [1.29, 1.82) is 0 Å². The smallest absolute Gasteiger partial charge is 0.245 e. The molecule has 2 rings (SSSR count). The van der Waals surface area contributed by atoms with Gasteiger partial charge in [-0.25, -0.2) is 4.68 Å². The Kier molecular flexibility index (Phi) is 9.69. The SMILES string of the molecule is CCCCC(CC)C(=O)N(CCC)CC(=O)Nc1cc(C(C)(C)C)nn1-c1ccccc1C. The fourth-order valence-corrected chi connectivity index (χ4v) is 3.93. The molecule has 182 valence electrons. The molecule has 0 spiro atoms. The molecule has 0 fully saturated rings. The van der Waals surface area contributed by atoms with E-state index >= 15 is 0 Å². The minimum atomic E-state index is -0.197. The van der Waals surface area contributed by atoms with Gasteiger partial charge in [-0.1, -0.05) is 72.6 Å². The number of benzene rings is 1. The molecule has 33 heavy (non-hydrogen) atoms. The molecule has 0 saturated heterocycles. The van der Waals surface area contributed by atoms with Crippen LogP contribution in [0.1, 0.15) is 84.9 Å². The van der Waals surface area contributed by atoms with E-state index in [1.54, 1.807) is 9.58 Å². The lowest BCUT2D eigenvalue weighted by Gasteiger charge is -2.26. The molecule has 2 amide bonds. The average Bonchev–Trinajstić information content (AvgIpc) is 3.18. The average molecular weight is 455 g/mol. The molecule has 1 aromatic heterocycles. The zero-order chi connectivity index (χ0) is 24.6. The second-order valence-corrected chi connectivity index (χ2v) is 9.92. The first-order chi connectivity index (χ1) is 15.6. The van der Waals surface area contributed by atoms with Gasteiger partial charge in [-0.15, -0.1) is 0 Å². The highest BCUT2D eigenvalue weighted by Crippen LogP contribution is 2.27. The Morgan fingerprint density at radius 1 is 1.12 bits per heavy atom. The molecule has 6 nitrogen and oxygen atoms in total. The van der Waals surface area contributed by atoms with Gasteiger partial charge in [-0.2, -0.15) is 5.10 Å². The highest BCUT2D eigenvalue weighted by atomic mass is 16.2. The van der Waals surface area contributed by atoms with Crippen molar-refractivity contribution in [3.8, 4) is 5.69 Å². The van der Waals surface area contributed by atoms with Crippen molar-refractivity contribution in [2.24, 2.45) is 5.92 Å². The summed E-state index contributed by atoms with van der Waals surface area (Å²) in [6, 6.07) is 9.92. The van der Waals surface area contributed by atoms with Gasteiger partial charge in [0, 0.05) is 23.9 Å². The van der Waals surface area contributed by atoms with E-state index in [0.29, 0.717) is 12.4 Å². The molecule has 0 aliphatic rings. The van der Waals surface area contributed by atoms with Gasteiger partial charge >= 0.3 is 0 Å². The van der Waals surface area contributed by atoms with Gasteiger partial charge in [0.2, 0.25) is 11.8 Å². The van der Waals surface area contributed by atoms with Gasteiger partial charge < -0.3 is 10.2 Å². The van der Waals surface area contributed by atoms with Crippen LogP contribution in [0.4, 0.5) is 5.82 Å². The summed E-state index contributed by atoms with van der Waals surface area (Å²) in [6.07, 6.45) is 4.59. The third-order valence-electron chi connectivity index (χ3n) is 5.98. The Bertz CT molecular complexity index is 926. The van der Waals surface area contributed by atoms with Crippen LogP contribution in [0, 0.1) is 12.8 Å². The lowest BCUT2D eigenvalue weighted by atomic mass is 9.92. The number of nitrogens with zero attached hydrogens (tertiary/aromatic N) is 3. The van der Waals surface area contributed by atoms with Crippen LogP contribution in [0.5, 0.6) is 0 Å². The van der Waals surface area contributed by atoms with Gasteiger partial charge in [0.25, 0.3) is 0 Å². The Morgan fingerprint density at radius 3 is 2.39 bits per heavy atom. The van der Waals surface area contributed by atoms with E-state index in [1.165, 1.54) is 0 Å². The van der Waals surface area contributed by atoms with Crippen molar-refractivity contribution in [1.82, 2.24) is 14.7 Å². The Hall–Kier alpha value is -2.63. The Labute approximate surface area is 199 Å². The first kappa shape index (κ1) is 26.6. The quantitative estimate of drug-likeness (QED) is 0.461. The standard InChI is InChI=1S/C27H42N4O2/c1-8-11-15-21(10-3)26(33)30(17-9-2)19-25(32)28-24-18-23(27(5,6)7)29-31(24)22-16-13-12-14-20(22)4/h12-14,16,18,21H,8-11,15,17,19H2,1-7H3,(H,28,32). The number of aryl methyl sites for hydroxylation is 1. The highest BCUT2D eigenvalue weighted by molar-refractivity contribution is 5.94. The van der Waals surface area contributed by atoms with Crippen molar-refractivity contribution in [3.05, 3.63) is 41.6 Å². The lowest BCUT2D eigenvalue weighted by Crippen LogP contribution is -2.42. The number of amides is 2. The predicted molar refractivity (Wildman–Crippen MR) is 136 cm³/mol. The topological polar surface area (TPSA) is 67.2 Å². The largest absolute Gasteiger partial charge is 0.333 e. The van der Waals surface area contributed by atoms with E-state index in [0.717, 1.165) is 49.0 Å². The number of nitrogens with one attached hydrogen (secondary N) is 1. The molecule has 0 aliphatic heterocycles. The fourth-order valence-electron chi connectivity index (χ4n) is 3.93. The maximum Gasteiger partial charge on any atom is 0.245 e. The molecule has 6 heteroatoms. The zero-order valence-electron chi connectivity index (χ0n) is 21.6. The summed E-state index contributed by atoms with van der Waals surface area (Å²) in [4.78, 5) is 28.0. The summed E-state index contributed by atoms with van der Waals surface area (Å²) in [5.74, 6) is 0.499. The van der Waals surface area contributed by atoms with Crippen molar-refractivity contribution in [2.45, 2.75) is 86.0 Å². The number of hydrogen-bond acceptors (Lipinski definition) is 3. The second kappa shape index (κ2) is 12.0. The molecule has 2 aromatic rings. The van der Waals surface area contributed by atoms with Gasteiger partial charge in [0.15, 0.2) is 0 Å². The number of para-hydroxylation sites is 1. The van der Waals surface area contributed by atoms with Crippen LogP contribution < -0.4 is 5.32 Å². The predicted octanol–water partition coefficient (Wildman–Crippen LogP) is 5.87. The molecule has 0 radical (unpaired) electrons. The van der Waals surface area contributed by atoms with Crippen LogP contribution in [0.15, 0.2) is 30.3 Å². The fraction of sp³-hybridized carbons (Fsp3) is 0.593.